The number of nitrogens with zero attached hydrogens (tertiary/aromatic N) is 8. The van der Waals surface area contributed by atoms with Crippen LogP contribution in [0.5, 0.6) is 11.5 Å². The lowest BCUT2D eigenvalue weighted by atomic mass is 9.79. The molecule has 0 aliphatic carbocycles. The number of rotatable bonds is 6. The van der Waals surface area contributed by atoms with Crippen molar-refractivity contribution in [2.24, 2.45) is 0 Å². The Morgan fingerprint density at radius 2 is 0.927 bits per heavy atom. The van der Waals surface area contributed by atoms with Crippen LogP contribution in [0.15, 0.2) is 200 Å². The lowest BCUT2D eigenvalue weighted by Gasteiger charge is -2.32. The molecular formula is C58H56B2BrCl3N12O6. The monoisotopic (exact) mass is 1220 g/mol. The van der Waals surface area contributed by atoms with Crippen LogP contribution in [0.1, 0.15) is 27.7 Å². The Morgan fingerprint density at radius 1 is 0.476 bits per heavy atom. The van der Waals surface area contributed by atoms with Gasteiger partial charge in [-0.15, -0.1) is 0 Å². The van der Waals surface area contributed by atoms with E-state index in [-0.39, 0.29) is 27.7 Å². The number of nitrogen functional groups attached to an aromatic ring is 4. The van der Waals surface area contributed by atoms with Gasteiger partial charge in [-0.25, -0.2) is 24.9 Å². The fraction of sp³-hybridized carbons (Fsp3) is 0.103. The number of anilines is 4. The van der Waals surface area contributed by atoms with E-state index in [1.54, 1.807) is 60.8 Å². The first-order valence-electron chi connectivity index (χ1n) is 24.7. The molecule has 6 aromatic carbocycles. The molecular weight excluding hydrogens is 1170 g/mol. The fourth-order valence-corrected chi connectivity index (χ4v) is 7.94. The normalized spacial score (nSPS) is 12.4. The van der Waals surface area contributed by atoms with E-state index in [4.69, 9.17) is 77.1 Å². The molecule has 5 heterocycles. The summed E-state index contributed by atoms with van der Waals surface area (Å²) < 4.78 is 12.5. The van der Waals surface area contributed by atoms with Crippen LogP contribution in [0.3, 0.4) is 0 Å². The first-order chi connectivity index (χ1) is 39.1. The molecule has 418 valence electrons. The van der Waals surface area contributed by atoms with Crippen molar-refractivity contribution in [2.75, 3.05) is 22.9 Å². The van der Waals surface area contributed by atoms with Gasteiger partial charge in [0.05, 0.1) is 75.5 Å². The second-order valence-corrected chi connectivity index (χ2v) is 20.3. The molecule has 12 N–H and O–H groups in total. The molecule has 0 bridgehead atoms. The van der Waals surface area contributed by atoms with Crippen LogP contribution < -0.4 is 33.9 Å². The predicted molar refractivity (Wildman–Crippen MR) is 332 cm³/mol. The third-order valence-corrected chi connectivity index (χ3v) is 13.2. The van der Waals surface area contributed by atoms with Crippen LogP contribution in [-0.4, -0.2) is 85.6 Å². The molecule has 1 aliphatic heterocycles. The van der Waals surface area contributed by atoms with Gasteiger partial charge in [0.2, 0.25) is 0 Å². The predicted octanol–water partition coefficient (Wildman–Crippen LogP) is 10.4. The summed E-state index contributed by atoms with van der Waals surface area (Å²) in [5.41, 5.74) is 29.3. The lowest BCUT2D eigenvalue weighted by Crippen LogP contribution is -2.41. The third-order valence-electron chi connectivity index (χ3n) is 11.8. The minimum absolute atomic E-state index is 0.0325. The van der Waals surface area contributed by atoms with E-state index in [1.807, 2.05) is 125 Å². The van der Waals surface area contributed by atoms with Crippen LogP contribution in [0, 0.1) is 0 Å². The van der Waals surface area contributed by atoms with E-state index in [0.717, 1.165) is 39.1 Å². The number of phenols is 2. The Bertz CT molecular complexity index is 3600. The number of aromatic hydroxyl groups is 2. The van der Waals surface area contributed by atoms with Crippen molar-refractivity contribution in [2.45, 2.75) is 38.9 Å². The zero-order chi connectivity index (χ0) is 59.4. The molecule has 0 unspecified atom stereocenters. The van der Waals surface area contributed by atoms with E-state index in [1.165, 1.54) is 37.1 Å². The van der Waals surface area contributed by atoms with Crippen molar-refractivity contribution < 1.29 is 29.6 Å². The second-order valence-electron chi connectivity index (χ2n) is 18.4. The average molecular weight is 1230 g/mol. The summed E-state index contributed by atoms with van der Waals surface area (Å²) in [6, 6.07) is 47.8. The Kier molecular flexibility index (Phi) is 23.0. The number of benzene rings is 6. The third kappa shape index (κ3) is 18.7. The van der Waals surface area contributed by atoms with Crippen LogP contribution >= 0.6 is 50.7 Å². The molecule has 82 heavy (non-hydrogen) atoms. The standard InChI is InChI=1S/C16H12ClN3O.C12H16BClO3.C10H8BrN3.C10H9N3.C6H7BO2.C4H4ClN3/c17-12-8-11(6-7-13(12)21)15-16(20-14(18)9-19-15)10-4-2-1-3-5-10;1-11(2)12(3,4)17-13(16-11)8-5-6-10(15)9(14)7-8;11-10-9(14-8(12)6-13-10)7-4-2-1-3-5-7;11-10-7-12-6-9(13-10)8-4-2-1-3-5-8;8-7(9)6-4-2-1-3-5-6;5-3-1-7-2-4(6)8-3/h1-9,21H,(H2,18,20);5-7,15H,1-4H3;1-6H,(H2,12,14);1-7H,(H2,11,13);1-5,8-9H;1-2H,(H2,6,8). The van der Waals surface area contributed by atoms with Gasteiger partial charge in [0.1, 0.15) is 50.2 Å². The summed E-state index contributed by atoms with van der Waals surface area (Å²) in [7, 11) is -1.79. The summed E-state index contributed by atoms with van der Waals surface area (Å²) in [6.07, 6.45) is 9.13. The molecule has 0 spiro atoms. The highest BCUT2D eigenvalue weighted by atomic mass is 79.9. The quantitative estimate of drug-likeness (QED) is 0.0718. The molecule has 18 nitrogen and oxygen atoms in total. The zero-order valence-electron chi connectivity index (χ0n) is 44.6. The molecule has 1 fully saturated rings. The lowest BCUT2D eigenvalue weighted by molar-refractivity contribution is 0.00578. The molecule has 24 heteroatoms. The van der Waals surface area contributed by atoms with Crippen LogP contribution in [0.2, 0.25) is 15.2 Å². The van der Waals surface area contributed by atoms with E-state index in [2.05, 4.69) is 55.8 Å². The van der Waals surface area contributed by atoms with E-state index < -0.39 is 14.2 Å². The highest BCUT2D eigenvalue weighted by Gasteiger charge is 2.51. The first-order valence-corrected chi connectivity index (χ1v) is 26.6. The van der Waals surface area contributed by atoms with Crippen LogP contribution in [0.25, 0.3) is 45.0 Å². The highest BCUT2D eigenvalue weighted by Crippen LogP contribution is 2.37. The topological polar surface area (TPSA) is 307 Å². The van der Waals surface area contributed by atoms with Gasteiger partial charge in [0, 0.05) is 22.3 Å². The minimum atomic E-state index is -1.34. The summed E-state index contributed by atoms with van der Waals surface area (Å²) in [6.45, 7) is 7.98. The maximum absolute atomic E-state index is 9.53. The van der Waals surface area contributed by atoms with Crippen molar-refractivity contribution in [3.63, 3.8) is 0 Å². The molecule has 0 amide bonds. The summed E-state index contributed by atoms with van der Waals surface area (Å²) >= 11 is 20.6. The number of hydrogen-bond acceptors (Lipinski definition) is 18. The van der Waals surface area contributed by atoms with Gasteiger partial charge in [0.25, 0.3) is 0 Å². The summed E-state index contributed by atoms with van der Waals surface area (Å²) in [4.78, 5) is 32.5. The SMILES string of the molecule is CC1(C)OB(c2ccc(O)c(Cl)c2)OC1(C)C.Nc1cnc(-c2ccc(O)c(Cl)c2)c(-c2ccccc2)n1.Nc1cnc(Br)c(-c2ccccc2)n1.Nc1cncc(-c2ccccc2)n1.Nc1cncc(Cl)n1.OB(O)c1ccccc1. The number of nitrogens with two attached hydrogens (primary N) is 4. The molecule has 11 rings (SSSR count). The Labute approximate surface area is 498 Å². The molecule has 0 radical (unpaired) electrons. The van der Waals surface area contributed by atoms with Crippen molar-refractivity contribution in [3.05, 3.63) is 215 Å². The first kappa shape index (κ1) is 62.9. The largest absolute Gasteiger partial charge is 0.506 e. The van der Waals surface area contributed by atoms with Gasteiger partial charge >= 0.3 is 14.2 Å². The number of hydrogen-bond donors (Lipinski definition) is 8. The average Bonchev–Trinajstić information content (AvgIpc) is 3.95. The number of phenolic OH excluding ortho intramolecular Hbond substituents is 2. The van der Waals surface area contributed by atoms with E-state index >= 15 is 0 Å². The van der Waals surface area contributed by atoms with E-state index in [0.29, 0.717) is 54.9 Å². The summed E-state index contributed by atoms with van der Waals surface area (Å²) in [5, 5.41) is 37.0. The molecule has 1 aliphatic rings. The Balaban J connectivity index is 0.000000163. The van der Waals surface area contributed by atoms with Crippen molar-refractivity contribution in [1.82, 2.24) is 39.9 Å². The smallest absolute Gasteiger partial charge is 0.494 e. The van der Waals surface area contributed by atoms with Gasteiger partial charge in [-0.3, -0.25) is 15.0 Å². The fourth-order valence-electron chi connectivity index (χ4n) is 6.99. The van der Waals surface area contributed by atoms with Crippen LogP contribution in [0.4, 0.5) is 23.3 Å². The number of aromatic nitrogens is 8. The zero-order valence-corrected chi connectivity index (χ0v) is 48.5. The maximum Gasteiger partial charge on any atom is 0.494 e. The second kappa shape index (κ2) is 30.0. The Morgan fingerprint density at radius 3 is 1.40 bits per heavy atom. The van der Waals surface area contributed by atoms with Gasteiger partial charge in [0.15, 0.2) is 0 Å². The molecule has 1 saturated heterocycles. The van der Waals surface area contributed by atoms with Gasteiger partial charge in [-0.05, 0) is 84.9 Å². The van der Waals surface area contributed by atoms with E-state index in [9.17, 15) is 10.2 Å². The molecule has 0 saturated carbocycles. The molecule has 10 aromatic rings. The van der Waals surface area contributed by atoms with Crippen molar-refractivity contribution in [3.8, 4) is 56.5 Å². The van der Waals surface area contributed by atoms with Gasteiger partial charge in [-0.2, -0.15) is 0 Å². The summed E-state index contributed by atoms with van der Waals surface area (Å²) in [5.74, 6) is 1.66. The Hall–Kier alpha value is -8.24. The van der Waals surface area contributed by atoms with Crippen molar-refractivity contribution >= 4 is 99.2 Å². The van der Waals surface area contributed by atoms with Gasteiger partial charge in [-0.1, -0.05) is 162 Å². The minimum Gasteiger partial charge on any atom is -0.506 e. The number of halogens is 4. The molecule has 4 aromatic heterocycles. The van der Waals surface area contributed by atoms with Crippen LogP contribution in [-0.2, 0) is 9.31 Å². The highest BCUT2D eigenvalue weighted by molar-refractivity contribution is 9.10. The maximum atomic E-state index is 9.53. The van der Waals surface area contributed by atoms with Crippen molar-refractivity contribution in [1.29, 1.82) is 0 Å². The molecule has 0 atom stereocenters. The van der Waals surface area contributed by atoms with Gasteiger partial charge < -0.3 is 52.5 Å².